The smallest absolute Gasteiger partial charge is 0.306 e. The summed E-state index contributed by atoms with van der Waals surface area (Å²) >= 11 is 0. The summed E-state index contributed by atoms with van der Waals surface area (Å²) in [6, 6.07) is 0. The highest BCUT2D eigenvalue weighted by molar-refractivity contribution is 5.71. The van der Waals surface area contributed by atoms with E-state index in [-0.39, 0.29) is 31.1 Å². The van der Waals surface area contributed by atoms with Crippen molar-refractivity contribution in [3.8, 4) is 0 Å². The van der Waals surface area contributed by atoms with Gasteiger partial charge < -0.3 is 14.2 Å². The minimum absolute atomic E-state index is 0.0652. The third kappa shape index (κ3) is 44.0. The Bertz CT molecular complexity index is 900. The van der Waals surface area contributed by atoms with E-state index >= 15 is 0 Å². The van der Waals surface area contributed by atoms with Crippen molar-refractivity contribution in [2.24, 2.45) is 17.8 Å². The van der Waals surface area contributed by atoms with Crippen LogP contribution in [0.5, 0.6) is 0 Å². The molecule has 0 aliphatic rings. The van der Waals surface area contributed by atoms with Crippen molar-refractivity contribution in [2.75, 3.05) is 13.2 Å². The topological polar surface area (TPSA) is 78.9 Å². The van der Waals surface area contributed by atoms with Crippen molar-refractivity contribution >= 4 is 17.9 Å². The number of esters is 3. The van der Waals surface area contributed by atoms with Crippen molar-refractivity contribution in [1.82, 2.24) is 0 Å². The predicted octanol–water partition coefficient (Wildman–Crippen LogP) is 16.4. The van der Waals surface area contributed by atoms with Crippen LogP contribution in [-0.2, 0) is 28.6 Å². The van der Waals surface area contributed by atoms with Gasteiger partial charge in [0.2, 0.25) is 0 Å². The van der Waals surface area contributed by atoms with E-state index < -0.39 is 6.10 Å². The summed E-state index contributed by atoms with van der Waals surface area (Å²) in [4.78, 5) is 37.9. The zero-order chi connectivity index (χ0) is 42.7. The van der Waals surface area contributed by atoms with Gasteiger partial charge in [-0.15, -0.1) is 0 Å². The van der Waals surface area contributed by atoms with Gasteiger partial charge in [0.25, 0.3) is 0 Å². The zero-order valence-electron chi connectivity index (χ0n) is 39.8. The van der Waals surface area contributed by atoms with Gasteiger partial charge >= 0.3 is 17.9 Å². The number of hydrogen-bond acceptors (Lipinski definition) is 6. The van der Waals surface area contributed by atoms with E-state index in [9.17, 15) is 14.4 Å². The molecule has 2 atom stereocenters. The monoisotopic (exact) mass is 821 g/mol. The van der Waals surface area contributed by atoms with E-state index in [0.29, 0.717) is 19.3 Å². The molecule has 6 heteroatoms. The Kier molecular flexibility index (Phi) is 42.3. The predicted molar refractivity (Wildman–Crippen MR) is 247 cm³/mol. The van der Waals surface area contributed by atoms with Crippen molar-refractivity contribution in [2.45, 2.75) is 285 Å². The average molecular weight is 821 g/mol. The molecule has 0 aliphatic heterocycles. The van der Waals surface area contributed by atoms with Crippen molar-refractivity contribution < 1.29 is 28.6 Å². The molecule has 58 heavy (non-hydrogen) atoms. The van der Waals surface area contributed by atoms with Crippen LogP contribution >= 0.6 is 0 Å². The highest BCUT2D eigenvalue weighted by Crippen LogP contribution is 2.18. The van der Waals surface area contributed by atoms with Gasteiger partial charge in [0.1, 0.15) is 13.2 Å². The van der Waals surface area contributed by atoms with Crippen LogP contribution in [0.4, 0.5) is 0 Å². The summed E-state index contributed by atoms with van der Waals surface area (Å²) in [5.74, 6) is 1.63. The summed E-state index contributed by atoms with van der Waals surface area (Å²) in [6.07, 6.45) is 42.3. The van der Waals surface area contributed by atoms with Crippen LogP contribution in [0.2, 0.25) is 0 Å². The lowest BCUT2D eigenvalue weighted by molar-refractivity contribution is -0.167. The molecule has 6 nitrogen and oxygen atoms in total. The Morgan fingerprint density at radius 3 is 0.897 bits per heavy atom. The van der Waals surface area contributed by atoms with Crippen molar-refractivity contribution in [3.63, 3.8) is 0 Å². The van der Waals surface area contributed by atoms with Gasteiger partial charge in [-0.05, 0) is 37.0 Å². The van der Waals surface area contributed by atoms with Gasteiger partial charge in [-0.25, -0.2) is 0 Å². The van der Waals surface area contributed by atoms with Gasteiger partial charge in [0, 0.05) is 19.3 Å². The van der Waals surface area contributed by atoms with E-state index in [2.05, 4.69) is 41.5 Å². The molecule has 0 spiro atoms. The molecule has 0 rings (SSSR count). The molecule has 0 radical (unpaired) electrons. The fraction of sp³-hybridized carbons (Fsp3) is 0.942. The normalized spacial score (nSPS) is 12.6. The second-order valence-corrected chi connectivity index (χ2v) is 19.0. The van der Waals surface area contributed by atoms with E-state index in [1.54, 1.807) is 0 Å². The second-order valence-electron chi connectivity index (χ2n) is 19.0. The Morgan fingerprint density at radius 2 is 0.603 bits per heavy atom. The van der Waals surface area contributed by atoms with Gasteiger partial charge in [-0.2, -0.15) is 0 Å². The first-order chi connectivity index (χ1) is 28.1. The standard InChI is InChI=1S/C52H100O6/c1-7-48(6)40-34-28-22-16-13-14-18-24-31-37-43-52(55)58-49(45-57-51(54)42-36-30-25-19-21-27-33-39-47(4)5)44-56-50(53)41-35-29-23-17-12-10-8-9-11-15-20-26-32-38-46(2)3/h46-49H,7-45H2,1-6H3/t48?,49-/m0/s1. The highest BCUT2D eigenvalue weighted by atomic mass is 16.6. The van der Waals surface area contributed by atoms with Crippen LogP contribution in [0.25, 0.3) is 0 Å². The molecular weight excluding hydrogens is 721 g/mol. The quantitative estimate of drug-likeness (QED) is 0.0346. The molecule has 0 amide bonds. The number of unbranched alkanes of at least 4 members (excludes halogenated alkanes) is 27. The molecule has 0 aromatic rings. The number of hydrogen-bond donors (Lipinski definition) is 0. The van der Waals surface area contributed by atoms with Crippen LogP contribution in [0, 0.1) is 17.8 Å². The second kappa shape index (κ2) is 43.5. The summed E-state index contributed by atoms with van der Waals surface area (Å²) < 4.78 is 16.8. The van der Waals surface area contributed by atoms with E-state index in [0.717, 1.165) is 75.5 Å². The maximum atomic E-state index is 12.8. The molecule has 0 heterocycles. The molecule has 0 bridgehead atoms. The summed E-state index contributed by atoms with van der Waals surface area (Å²) in [6.45, 7) is 13.7. The largest absolute Gasteiger partial charge is 0.462 e. The average Bonchev–Trinajstić information content (AvgIpc) is 3.19. The molecule has 1 unspecified atom stereocenters. The molecule has 0 aromatic heterocycles. The van der Waals surface area contributed by atoms with Crippen LogP contribution < -0.4 is 0 Å². The van der Waals surface area contributed by atoms with Gasteiger partial charge in [0.05, 0.1) is 0 Å². The number of ether oxygens (including phenoxy) is 3. The molecule has 0 aliphatic carbocycles. The first-order valence-corrected chi connectivity index (χ1v) is 25.6. The zero-order valence-corrected chi connectivity index (χ0v) is 39.8. The fourth-order valence-corrected chi connectivity index (χ4v) is 7.73. The minimum Gasteiger partial charge on any atom is -0.462 e. The molecule has 0 aromatic carbocycles. The summed E-state index contributed by atoms with van der Waals surface area (Å²) in [5, 5.41) is 0. The fourth-order valence-electron chi connectivity index (χ4n) is 7.73. The first-order valence-electron chi connectivity index (χ1n) is 25.6. The lowest BCUT2D eigenvalue weighted by atomic mass is 9.99. The number of carbonyl (C=O) groups is 3. The summed E-state index contributed by atoms with van der Waals surface area (Å²) in [7, 11) is 0. The first kappa shape index (κ1) is 56.4. The lowest BCUT2D eigenvalue weighted by Gasteiger charge is -2.18. The molecule has 0 fully saturated rings. The van der Waals surface area contributed by atoms with Gasteiger partial charge in [-0.1, -0.05) is 241 Å². The Labute approximate surface area is 361 Å². The summed E-state index contributed by atoms with van der Waals surface area (Å²) in [5.41, 5.74) is 0. The number of rotatable bonds is 45. The Balaban J connectivity index is 4.30. The van der Waals surface area contributed by atoms with E-state index in [4.69, 9.17) is 14.2 Å². The molecule has 0 N–H and O–H groups in total. The maximum Gasteiger partial charge on any atom is 0.306 e. The van der Waals surface area contributed by atoms with Crippen molar-refractivity contribution in [1.29, 1.82) is 0 Å². The van der Waals surface area contributed by atoms with Crippen molar-refractivity contribution in [3.05, 3.63) is 0 Å². The van der Waals surface area contributed by atoms with Crippen LogP contribution in [0.15, 0.2) is 0 Å². The third-order valence-corrected chi connectivity index (χ3v) is 12.0. The molecular formula is C52H100O6. The van der Waals surface area contributed by atoms with Crippen LogP contribution in [0.3, 0.4) is 0 Å². The number of carbonyl (C=O) groups excluding carboxylic acids is 3. The van der Waals surface area contributed by atoms with E-state index in [1.807, 2.05) is 0 Å². The highest BCUT2D eigenvalue weighted by Gasteiger charge is 2.19. The van der Waals surface area contributed by atoms with E-state index in [1.165, 1.54) is 161 Å². The maximum absolute atomic E-state index is 12.8. The van der Waals surface area contributed by atoms with Crippen LogP contribution in [-0.4, -0.2) is 37.2 Å². The van der Waals surface area contributed by atoms with Gasteiger partial charge in [0.15, 0.2) is 6.10 Å². The van der Waals surface area contributed by atoms with Crippen LogP contribution in [0.1, 0.15) is 279 Å². The SMILES string of the molecule is CCC(C)CCCCCCCCCCCCC(=O)O[C@@H](COC(=O)CCCCCCCCCCCCCCCC(C)C)COC(=O)CCCCCCCCCC(C)C. The van der Waals surface area contributed by atoms with Gasteiger partial charge in [-0.3, -0.25) is 14.4 Å². The Morgan fingerprint density at radius 1 is 0.345 bits per heavy atom. The molecule has 344 valence electrons. The third-order valence-electron chi connectivity index (χ3n) is 12.0. The Hall–Kier alpha value is -1.59. The lowest BCUT2D eigenvalue weighted by Crippen LogP contribution is -2.30. The molecule has 0 saturated carbocycles. The molecule has 0 saturated heterocycles. The minimum atomic E-state index is -0.763.